The SMILES string of the molecule is COc1ccc2c(c1)[C@@H]1C=C(c3ccccc3)OC(=O)[C@@H]1[C@H]2[C@@H](/C=C(\NS(=O)(=O)c1ccc(C)cc1)c1ccccc1)c1ccccc1. The molecule has 2 aliphatic rings. The summed E-state index contributed by atoms with van der Waals surface area (Å²) in [5.74, 6) is -0.724. The molecule has 0 fully saturated rings. The Balaban J connectivity index is 1.41. The van der Waals surface area contributed by atoms with E-state index >= 15 is 0 Å². The first kappa shape index (κ1) is 31.2. The van der Waals surface area contributed by atoms with E-state index in [0.29, 0.717) is 22.8 Å². The van der Waals surface area contributed by atoms with Crippen LogP contribution in [0.15, 0.2) is 151 Å². The maximum absolute atomic E-state index is 14.2. The van der Waals surface area contributed by atoms with E-state index in [1.165, 1.54) is 0 Å². The molecule has 240 valence electrons. The average molecular weight is 654 g/mol. The van der Waals surface area contributed by atoms with Gasteiger partial charge < -0.3 is 9.47 Å². The molecule has 0 saturated carbocycles. The summed E-state index contributed by atoms with van der Waals surface area (Å²) in [5.41, 5.74) is 5.85. The van der Waals surface area contributed by atoms with Gasteiger partial charge in [-0.1, -0.05) is 121 Å². The average Bonchev–Trinajstić information content (AvgIpc) is 3.45. The first-order valence-electron chi connectivity index (χ1n) is 15.9. The van der Waals surface area contributed by atoms with E-state index in [0.717, 1.165) is 27.8 Å². The lowest BCUT2D eigenvalue weighted by Gasteiger charge is -2.32. The molecule has 4 atom stereocenters. The van der Waals surface area contributed by atoms with Crippen LogP contribution in [0.4, 0.5) is 0 Å². The molecule has 1 aliphatic carbocycles. The summed E-state index contributed by atoms with van der Waals surface area (Å²) in [4.78, 5) is 14.4. The van der Waals surface area contributed by atoms with Crippen LogP contribution < -0.4 is 9.46 Å². The van der Waals surface area contributed by atoms with Crippen LogP contribution in [-0.2, 0) is 19.6 Å². The minimum atomic E-state index is -3.95. The molecule has 0 spiro atoms. The van der Waals surface area contributed by atoms with Crippen molar-refractivity contribution in [1.82, 2.24) is 4.72 Å². The van der Waals surface area contributed by atoms with Gasteiger partial charge in [0.2, 0.25) is 0 Å². The smallest absolute Gasteiger partial charge is 0.315 e. The Morgan fingerprint density at radius 1 is 0.812 bits per heavy atom. The Morgan fingerprint density at radius 2 is 1.46 bits per heavy atom. The number of fused-ring (bicyclic) bond motifs is 3. The third-order valence-corrected chi connectivity index (χ3v) is 10.6. The molecule has 0 saturated heterocycles. The number of ether oxygens (including phenoxy) is 2. The van der Waals surface area contributed by atoms with E-state index in [1.54, 1.807) is 31.4 Å². The van der Waals surface area contributed by atoms with Crippen molar-refractivity contribution in [3.63, 3.8) is 0 Å². The molecule has 0 radical (unpaired) electrons. The van der Waals surface area contributed by atoms with E-state index < -0.39 is 21.9 Å². The Morgan fingerprint density at radius 3 is 2.12 bits per heavy atom. The van der Waals surface area contributed by atoms with E-state index in [4.69, 9.17) is 9.47 Å². The van der Waals surface area contributed by atoms with Crippen molar-refractivity contribution >= 4 is 27.4 Å². The summed E-state index contributed by atoms with van der Waals surface area (Å²) in [6.45, 7) is 1.92. The van der Waals surface area contributed by atoms with Gasteiger partial charge in [-0.2, -0.15) is 0 Å². The van der Waals surface area contributed by atoms with Crippen molar-refractivity contribution in [3.8, 4) is 5.75 Å². The van der Waals surface area contributed by atoms with Gasteiger partial charge in [-0.25, -0.2) is 8.42 Å². The lowest BCUT2D eigenvalue weighted by molar-refractivity contribution is -0.143. The summed E-state index contributed by atoms with van der Waals surface area (Å²) in [5, 5.41) is 0. The van der Waals surface area contributed by atoms with Crippen LogP contribution >= 0.6 is 0 Å². The number of cyclic esters (lactones) is 1. The molecular formula is C41H35NO5S. The minimum Gasteiger partial charge on any atom is -0.497 e. The highest BCUT2D eigenvalue weighted by atomic mass is 32.2. The number of aryl methyl sites for hydroxylation is 1. The maximum atomic E-state index is 14.2. The first-order valence-corrected chi connectivity index (χ1v) is 17.4. The van der Waals surface area contributed by atoms with Crippen molar-refractivity contribution in [2.75, 3.05) is 7.11 Å². The van der Waals surface area contributed by atoms with Crippen LogP contribution in [0.25, 0.3) is 11.5 Å². The lowest BCUT2D eigenvalue weighted by atomic mass is 9.74. The van der Waals surface area contributed by atoms with Crippen molar-refractivity contribution < 1.29 is 22.7 Å². The van der Waals surface area contributed by atoms with Gasteiger partial charge in [-0.15, -0.1) is 0 Å². The van der Waals surface area contributed by atoms with Crippen molar-refractivity contribution in [3.05, 3.63) is 179 Å². The van der Waals surface area contributed by atoms with Crippen LogP contribution in [0, 0.1) is 12.8 Å². The summed E-state index contributed by atoms with van der Waals surface area (Å²) in [7, 11) is -2.32. The quantitative estimate of drug-likeness (QED) is 0.162. The van der Waals surface area contributed by atoms with Gasteiger partial charge in [-0.05, 0) is 59.5 Å². The van der Waals surface area contributed by atoms with Gasteiger partial charge in [0, 0.05) is 23.3 Å². The molecule has 1 aliphatic heterocycles. The maximum Gasteiger partial charge on any atom is 0.315 e. The molecule has 7 heteroatoms. The number of esters is 1. The van der Waals surface area contributed by atoms with Crippen molar-refractivity contribution in [2.45, 2.75) is 29.6 Å². The fourth-order valence-corrected chi connectivity index (χ4v) is 7.99. The summed E-state index contributed by atoms with van der Waals surface area (Å²) in [6.07, 6.45) is 4.00. The van der Waals surface area contributed by atoms with Crippen molar-refractivity contribution in [1.29, 1.82) is 0 Å². The molecule has 5 aromatic carbocycles. The van der Waals surface area contributed by atoms with E-state index in [1.807, 2.05) is 128 Å². The molecule has 6 nitrogen and oxygen atoms in total. The number of allylic oxidation sites excluding steroid dienone is 2. The van der Waals surface area contributed by atoms with Crippen LogP contribution in [0.5, 0.6) is 5.75 Å². The molecule has 0 bridgehead atoms. The predicted molar refractivity (Wildman–Crippen MR) is 188 cm³/mol. The zero-order valence-electron chi connectivity index (χ0n) is 26.6. The predicted octanol–water partition coefficient (Wildman–Crippen LogP) is 8.20. The molecule has 1 N–H and O–H groups in total. The van der Waals surface area contributed by atoms with Crippen LogP contribution in [-0.4, -0.2) is 21.5 Å². The van der Waals surface area contributed by atoms with Crippen LogP contribution in [0.3, 0.4) is 0 Å². The first-order chi connectivity index (χ1) is 23.3. The highest BCUT2D eigenvalue weighted by molar-refractivity contribution is 7.89. The van der Waals surface area contributed by atoms with E-state index in [-0.39, 0.29) is 22.7 Å². The Kier molecular flexibility index (Phi) is 8.46. The van der Waals surface area contributed by atoms with Crippen molar-refractivity contribution in [2.24, 2.45) is 5.92 Å². The van der Waals surface area contributed by atoms with Gasteiger partial charge in [0.25, 0.3) is 10.0 Å². The highest BCUT2D eigenvalue weighted by Crippen LogP contribution is 2.57. The van der Waals surface area contributed by atoms with Gasteiger partial charge in [0.05, 0.1) is 23.6 Å². The number of hydrogen-bond acceptors (Lipinski definition) is 5. The molecule has 1 heterocycles. The number of sulfonamides is 1. The molecule has 7 rings (SSSR count). The Hall–Kier alpha value is -5.40. The van der Waals surface area contributed by atoms with Gasteiger partial charge in [0.15, 0.2) is 0 Å². The number of rotatable bonds is 9. The second-order valence-electron chi connectivity index (χ2n) is 12.2. The number of nitrogens with one attached hydrogen (secondary N) is 1. The monoisotopic (exact) mass is 653 g/mol. The fourth-order valence-electron chi connectivity index (χ4n) is 6.91. The second-order valence-corrected chi connectivity index (χ2v) is 13.9. The zero-order valence-corrected chi connectivity index (χ0v) is 27.4. The topological polar surface area (TPSA) is 81.7 Å². The molecule has 5 aromatic rings. The molecule has 0 unspecified atom stereocenters. The standard InChI is InChI=1S/C41H35NO5S/c1-27-18-21-32(22-19-27)48(44,45)42-37(29-14-8-4-9-15-29)25-34(28-12-6-3-7-13-28)39-33-23-20-31(46-2)24-35(33)36-26-38(47-41(43)40(36)39)30-16-10-5-11-17-30/h3-26,34,36,39-40,42H,1-2H3/b37-25-/t34-,36-,39+,40-/m0/s1. The molecule has 48 heavy (non-hydrogen) atoms. The highest BCUT2D eigenvalue weighted by Gasteiger charge is 2.50. The Labute approximate surface area is 281 Å². The van der Waals surface area contributed by atoms with Crippen LogP contribution in [0.2, 0.25) is 0 Å². The molecular weight excluding hydrogens is 619 g/mol. The number of benzene rings is 5. The number of carbonyl (C=O) groups excluding carboxylic acids is 1. The number of hydrogen-bond donors (Lipinski definition) is 1. The number of carbonyl (C=O) groups is 1. The Bertz CT molecular complexity index is 2110. The normalized spacial score (nSPS) is 19.4. The largest absolute Gasteiger partial charge is 0.497 e. The fraction of sp³-hybridized carbons (Fsp3) is 0.146. The molecule has 0 aromatic heterocycles. The van der Waals surface area contributed by atoms with Gasteiger partial charge in [-0.3, -0.25) is 9.52 Å². The third kappa shape index (κ3) is 6.05. The number of methoxy groups -OCH3 is 1. The summed E-state index contributed by atoms with van der Waals surface area (Å²) in [6, 6.07) is 41.7. The van der Waals surface area contributed by atoms with Gasteiger partial charge >= 0.3 is 5.97 Å². The van der Waals surface area contributed by atoms with E-state index in [2.05, 4.69) is 4.72 Å². The molecule has 0 amide bonds. The third-order valence-electron chi connectivity index (χ3n) is 9.24. The summed E-state index contributed by atoms with van der Waals surface area (Å²) < 4.78 is 42.3. The van der Waals surface area contributed by atoms with Gasteiger partial charge in [0.1, 0.15) is 11.5 Å². The second kappa shape index (κ2) is 13.0. The lowest BCUT2D eigenvalue weighted by Crippen LogP contribution is -2.30. The summed E-state index contributed by atoms with van der Waals surface area (Å²) >= 11 is 0. The zero-order chi connectivity index (χ0) is 33.3. The minimum absolute atomic E-state index is 0.166. The van der Waals surface area contributed by atoms with Crippen LogP contribution in [0.1, 0.15) is 51.1 Å². The van der Waals surface area contributed by atoms with E-state index in [9.17, 15) is 13.2 Å².